The summed E-state index contributed by atoms with van der Waals surface area (Å²) in [6.45, 7) is 1.23. The molecule has 0 bridgehead atoms. The van der Waals surface area contributed by atoms with Gasteiger partial charge >= 0.3 is 0 Å². The van der Waals surface area contributed by atoms with Crippen molar-refractivity contribution in [3.63, 3.8) is 0 Å². The van der Waals surface area contributed by atoms with Crippen LogP contribution >= 0.6 is 15.9 Å². The van der Waals surface area contributed by atoms with Crippen molar-refractivity contribution in [3.05, 3.63) is 35.4 Å². The number of hydrogen-bond donors (Lipinski definition) is 0. The standard InChI is InChI=1S/C10H12BrF2N/c1-14(6-5-11)7-8-3-2-4-9(12)10(8)13/h2-4H,5-7H2,1H3. The number of nitrogens with zero attached hydrogens (tertiary/aromatic N) is 1. The molecule has 0 atom stereocenters. The van der Waals surface area contributed by atoms with Crippen LogP contribution in [0.15, 0.2) is 18.2 Å². The van der Waals surface area contributed by atoms with Crippen LogP contribution < -0.4 is 0 Å². The molecule has 0 aromatic heterocycles. The highest BCUT2D eigenvalue weighted by Gasteiger charge is 2.08. The largest absolute Gasteiger partial charge is 0.301 e. The van der Waals surface area contributed by atoms with Gasteiger partial charge in [-0.05, 0) is 13.1 Å². The lowest BCUT2D eigenvalue weighted by molar-refractivity contribution is 0.339. The Morgan fingerprint density at radius 1 is 1.36 bits per heavy atom. The van der Waals surface area contributed by atoms with Crippen LogP contribution in [0.25, 0.3) is 0 Å². The monoisotopic (exact) mass is 263 g/mol. The molecule has 4 heteroatoms. The van der Waals surface area contributed by atoms with Gasteiger partial charge in [0.1, 0.15) is 0 Å². The van der Waals surface area contributed by atoms with E-state index in [-0.39, 0.29) is 0 Å². The zero-order valence-electron chi connectivity index (χ0n) is 7.93. The van der Waals surface area contributed by atoms with Crippen LogP contribution in [0.2, 0.25) is 0 Å². The molecular formula is C10H12BrF2N. The minimum absolute atomic E-state index is 0.397. The first kappa shape index (κ1) is 11.6. The lowest BCUT2D eigenvalue weighted by atomic mass is 10.2. The molecule has 0 radical (unpaired) electrons. The smallest absolute Gasteiger partial charge is 0.163 e. The van der Waals surface area contributed by atoms with Crippen molar-refractivity contribution in [1.82, 2.24) is 4.90 Å². The molecule has 1 rings (SSSR count). The maximum absolute atomic E-state index is 13.2. The van der Waals surface area contributed by atoms with E-state index in [0.29, 0.717) is 12.1 Å². The minimum Gasteiger partial charge on any atom is -0.301 e. The van der Waals surface area contributed by atoms with E-state index in [2.05, 4.69) is 15.9 Å². The van der Waals surface area contributed by atoms with E-state index in [4.69, 9.17) is 0 Å². The molecule has 0 aliphatic rings. The Morgan fingerprint density at radius 3 is 2.71 bits per heavy atom. The predicted octanol–water partition coefficient (Wildman–Crippen LogP) is 2.79. The van der Waals surface area contributed by atoms with E-state index in [0.717, 1.165) is 17.9 Å². The molecular weight excluding hydrogens is 252 g/mol. The highest BCUT2D eigenvalue weighted by Crippen LogP contribution is 2.12. The third-order valence-electron chi connectivity index (χ3n) is 1.94. The normalized spacial score (nSPS) is 10.9. The molecule has 0 heterocycles. The van der Waals surface area contributed by atoms with Crippen molar-refractivity contribution in [3.8, 4) is 0 Å². The number of halogens is 3. The fraction of sp³-hybridized carbons (Fsp3) is 0.400. The minimum atomic E-state index is -0.783. The average molecular weight is 264 g/mol. The van der Waals surface area contributed by atoms with Crippen LogP contribution in [-0.4, -0.2) is 23.8 Å². The molecule has 0 aliphatic heterocycles. The molecule has 14 heavy (non-hydrogen) atoms. The summed E-state index contributed by atoms with van der Waals surface area (Å²) < 4.78 is 26.0. The summed E-state index contributed by atoms with van der Waals surface area (Å²) in [6, 6.07) is 4.25. The van der Waals surface area contributed by atoms with Gasteiger partial charge in [-0.2, -0.15) is 0 Å². The lowest BCUT2D eigenvalue weighted by Gasteiger charge is -2.15. The Bertz CT molecular complexity index is 304. The summed E-state index contributed by atoms with van der Waals surface area (Å²) in [5.74, 6) is -1.52. The third kappa shape index (κ3) is 3.03. The first-order valence-electron chi connectivity index (χ1n) is 4.32. The molecule has 78 valence electrons. The summed E-state index contributed by atoms with van der Waals surface area (Å²) >= 11 is 3.29. The fourth-order valence-electron chi connectivity index (χ4n) is 1.18. The molecule has 1 aromatic rings. The third-order valence-corrected chi connectivity index (χ3v) is 2.29. The zero-order chi connectivity index (χ0) is 10.6. The van der Waals surface area contributed by atoms with E-state index in [9.17, 15) is 8.78 Å². The lowest BCUT2D eigenvalue weighted by Crippen LogP contribution is -2.20. The van der Waals surface area contributed by atoms with Crippen molar-refractivity contribution in [1.29, 1.82) is 0 Å². The van der Waals surface area contributed by atoms with Gasteiger partial charge in [0.25, 0.3) is 0 Å². The van der Waals surface area contributed by atoms with Crippen molar-refractivity contribution >= 4 is 15.9 Å². The van der Waals surface area contributed by atoms with Crippen LogP contribution in [0.4, 0.5) is 8.78 Å². The highest BCUT2D eigenvalue weighted by atomic mass is 79.9. The Morgan fingerprint density at radius 2 is 2.07 bits per heavy atom. The maximum atomic E-state index is 13.2. The van der Waals surface area contributed by atoms with E-state index >= 15 is 0 Å². The second kappa shape index (κ2) is 5.41. The number of alkyl halides is 1. The van der Waals surface area contributed by atoms with Crippen molar-refractivity contribution in [2.75, 3.05) is 18.9 Å². The average Bonchev–Trinajstić information content (AvgIpc) is 2.13. The molecule has 0 N–H and O–H groups in total. The Labute approximate surface area is 90.8 Å². The molecule has 0 spiro atoms. The first-order valence-corrected chi connectivity index (χ1v) is 5.44. The second-order valence-electron chi connectivity index (χ2n) is 3.14. The fourth-order valence-corrected chi connectivity index (χ4v) is 1.79. The number of rotatable bonds is 4. The van der Waals surface area contributed by atoms with Gasteiger partial charge in [-0.15, -0.1) is 0 Å². The van der Waals surface area contributed by atoms with Crippen molar-refractivity contribution < 1.29 is 8.78 Å². The van der Waals surface area contributed by atoms with Crippen LogP contribution in [0.3, 0.4) is 0 Å². The van der Waals surface area contributed by atoms with Crippen LogP contribution in [0, 0.1) is 11.6 Å². The second-order valence-corrected chi connectivity index (χ2v) is 3.93. The van der Waals surface area contributed by atoms with Gasteiger partial charge in [-0.25, -0.2) is 8.78 Å². The van der Waals surface area contributed by atoms with Gasteiger partial charge in [0.2, 0.25) is 0 Å². The van der Waals surface area contributed by atoms with Gasteiger partial charge in [-0.3, -0.25) is 0 Å². The molecule has 1 aromatic carbocycles. The maximum Gasteiger partial charge on any atom is 0.163 e. The molecule has 0 fully saturated rings. The van der Waals surface area contributed by atoms with Crippen LogP contribution in [-0.2, 0) is 6.54 Å². The van der Waals surface area contributed by atoms with E-state index < -0.39 is 11.6 Å². The summed E-state index contributed by atoms with van der Waals surface area (Å²) in [4.78, 5) is 1.92. The van der Waals surface area contributed by atoms with Crippen LogP contribution in [0.1, 0.15) is 5.56 Å². The van der Waals surface area contributed by atoms with E-state index in [1.807, 2.05) is 11.9 Å². The molecule has 0 saturated carbocycles. The van der Waals surface area contributed by atoms with Crippen molar-refractivity contribution in [2.24, 2.45) is 0 Å². The highest BCUT2D eigenvalue weighted by molar-refractivity contribution is 9.09. The molecule has 0 amide bonds. The summed E-state index contributed by atoms with van der Waals surface area (Å²) in [6.07, 6.45) is 0. The molecule has 0 unspecified atom stereocenters. The summed E-state index contributed by atoms with van der Waals surface area (Å²) in [5.41, 5.74) is 0.397. The quantitative estimate of drug-likeness (QED) is 0.756. The zero-order valence-corrected chi connectivity index (χ0v) is 9.52. The van der Waals surface area contributed by atoms with Gasteiger partial charge in [0.15, 0.2) is 11.6 Å². The SMILES string of the molecule is CN(CCBr)Cc1cccc(F)c1F. The predicted molar refractivity (Wildman–Crippen MR) is 56.5 cm³/mol. The van der Waals surface area contributed by atoms with E-state index in [1.165, 1.54) is 6.07 Å². The Hall–Kier alpha value is -0.480. The van der Waals surface area contributed by atoms with Gasteiger partial charge < -0.3 is 4.90 Å². The topological polar surface area (TPSA) is 3.24 Å². The van der Waals surface area contributed by atoms with Gasteiger partial charge in [0, 0.05) is 24.0 Å². The molecule has 1 nitrogen and oxygen atoms in total. The molecule has 0 aliphatic carbocycles. The van der Waals surface area contributed by atoms with Crippen LogP contribution in [0.5, 0.6) is 0 Å². The van der Waals surface area contributed by atoms with E-state index in [1.54, 1.807) is 6.07 Å². The summed E-state index contributed by atoms with van der Waals surface area (Å²) in [7, 11) is 1.87. The first-order chi connectivity index (χ1) is 6.65. The summed E-state index contributed by atoms with van der Waals surface area (Å²) in [5, 5.41) is 0.820. The molecule has 0 saturated heterocycles. The Kier molecular flexibility index (Phi) is 4.48. The van der Waals surface area contributed by atoms with Gasteiger partial charge in [-0.1, -0.05) is 28.1 Å². The Balaban J connectivity index is 2.71. The van der Waals surface area contributed by atoms with Gasteiger partial charge in [0.05, 0.1) is 0 Å². The van der Waals surface area contributed by atoms with Crippen molar-refractivity contribution in [2.45, 2.75) is 6.54 Å². The number of hydrogen-bond acceptors (Lipinski definition) is 1. The number of benzene rings is 1.